The molecule has 29 heavy (non-hydrogen) atoms. The molecule has 6 heteroatoms. The van der Waals surface area contributed by atoms with Crippen molar-refractivity contribution >= 4 is 28.7 Å². The molecular formula is C23H22N2O4. The Hall–Kier alpha value is -3.64. The number of rotatable bonds is 6. The number of carbonyl (C=O) groups is 2. The van der Waals surface area contributed by atoms with Crippen molar-refractivity contribution in [2.45, 2.75) is 0 Å². The standard InChI is InChI=1S/C23H22N2O4/c1-25(2)23(27)19(14-16-10-12-18(13-11-16)22(26)24-28)15-29-21-9-5-7-17-6-3-4-8-20(17)21/h3-14,28H,15H2,1-2H3,(H,24,26)/b19-14+. The van der Waals surface area contributed by atoms with Crippen LogP contribution in [0.5, 0.6) is 5.75 Å². The number of nitrogens with zero attached hydrogens (tertiary/aromatic N) is 1. The lowest BCUT2D eigenvalue weighted by Gasteiger charge is -2.15. The summed E-state index contributed by atoms with van der Waals surface area (Å²) >= 11 is 0. The summed E-state index contributed by atoms with van der Waals surface area (Å²) in [5.74, 6) is -0.0534. The maximum Gasteiger partial charge on any atom is 0.274 e. The predicted molar refractivity (Wildman–Crippen MR) is 112 cm³/mol. The maximum atomic E-state index is 12.6. The number of ether oxygens (including phenoxy) is 1. The van der Waals surface area contributed by atoms with Gasteiger partial charge < -0.3 is 9.64 Å². The van der Waals surface area contributed by atoms with Crippen LogP contribution in [0.4, 0.5) is 0 Å². The summed E-state index contributed by atoms with van der Waals surface area (Å²) in [7, 11) is 3.37. The number of fused-ring (bicyclic) bond motifs is 1. The molecule has 148 valence electrons. The highest BCUT2D eigenvalue weighted by atomic mass is 16.5. The van der Waals surface area contributed by atoms with Gasteiger partial charge in [0.15, 0.2) is 0 Å². The van der Waals surface area contributed by atoms with E-state index in [-0.39, 0.29) is 12.5 Å². The monoisotopic (exact) mass is 390 g/mol. The first-order valence-electron chi connectivity index (χ1n) is 9.07. The number of hydroxylamine groups is 1. The Bertz CT molecular complexity index is 1050. The number of amides is 2. The SMILES string of the molecule is CN(C)C(=O)/C(=C/c1ccc(C(=O)NO)cc1)COc1cccc2ccccc12. The van der Waals surface area contributed by atoms with Gasteiger partial charge in [0.1, 0.15) is 12.4 Å². The lowest BCUT2D eigenvalue weighted by molar-refractivity contribution is -0.125. The summed E-state index contributed by atoms with van der Waals surface area (Å²) in [5, 5.41) is 10.8. The van der Waals surface area contributed by atoms with E-state index in [1.807, 2.05) is 42.5 Å². The molecule has 0 bridgehead atoms. The predicted octanol–water partition coefficient (Wildman–Crippen LogP) is 3.51. The Kier molecular flexibility index (Phi) is 6.26. The maximum absolute atomic E-state index is 12.6. The number of benzene rings is 3. The summed E-state index contributed by atoms with van der Waals surface area (Å²) in [4.78, 5) is 25.6. The zero-order valence-electron chi connectivity index (χ0n) is 16.3. The van der Waals surface area contributed by atoms with Crippen molar-refractivity contribution in [3.05, 3.63) is 83.4 Å². The molecule has 6 nitrogen and oxygen atoms in total. The Morgan fingerprint density at radius 1 is 1.00 bits per heavy atom. The molecule has 3 rings (SSSR count). The fourth-order valence-electron chi connectivity index (χ4n) is 2.93. The number of carbonyl (C=O) groups excluding carboxylic acids is 2. The van der Waals surface area contributed by atoms with E-state index in [1.54, 1.807) is 49.9 Å². The van der Waals surface area contributed by atoms with Crippen molar-refractivity contribution < 1.29 is 19.5 Å². The Labute approximate surface area is 169 Å². The van der Waals surface area contributed by atoms with Gasteiger partial charge in [-0.1, -0.05) is 48.5 Å². The molecule has 0 atom stereocenters. The van der Waals surface area contributed by atoms with E-state index in [4.69, 9.17) is 9.94 Å². The molecule has 0 radical (unpaired) electrons. The number of nitrogens with one attached hydrogen (secondary N) is 1. The first kappa shape index (κ1) is 20.1. The minimum absolute atomic E-state index is 0.101. The minimum Gasteiger partial charge on any atom is -0.488 e. The van der Waals surface area contributed by atoms with Crippen LogP contribution in [0.3, 0.4) is 0 Å². The molecule has 0 spiro atoms. The minimum atomic E-state index is -0.593. The van der Waals surface area contributed by atoms with E-state index >= 15 is 0 Å². The van der Waals surface area contributed by atoms with E-state index in [9.17, 15) is 9.59 Å². The molecule has 0 aromatic heterocycles. The van der Waals surface area contributed by atoms with Crippen molar-refractivity contribution in [1.29, 1.82) is 0 Å². The van der Waals surface area contributed by atoms with Crippen LogP contribution in [-0.4, -0.2) is 42.6 Å². The van der Waals surface area contributed by atoms with E-state index < -0.39 is 5.91 Å². The van der Waals surface area contributed by atoms with Gasteiger partial charge in [0.05, 0.1) is 5.57 Å². The lowest BCUT2D eigenvalue weighted by Crippen LogP contribution is -2.26. The van der Waals surface area contributed by atoms with Gasteiger partial charge in [-0.3, -0.25) is 14.8 Å². The van der Waals surface area contributed by atoms with E-state index in [0.717, 1.165) is 16.3 Å². The quantitative estimate of drug-likeness (QED) is 0.384. The average molecular weight is 390 g/mol. The smallest absolute Gasteiger partial charge is 0.274 e. The summed E-state index contributed by atoms with van der Waals surface area (Å²) in [6, 6.07) is 20.2. The van der Waals surface area contributed by atoms with Crippen molar-refractivity contribution in [2.24, 2.45) is 0 Å². The Morgan fingerprint density at radius 2 is 1.69 bits per heavy atom. The van der Waals surface area contributed by atoms with Gasteiger partial charge in [0, 0.05) is 25.0 Å². The molecule has 0 unspecified atom stereocenters. The first-order valence-corrected chi connectivity index (χ1v) is 9.07. The highest BCUT2D eigenvalue weighted by Crippen LogP contribution is 2.26. The summed E-state index contributed by atoms with van der Waals surface area (Å²) < 4.78 is 5.99. The highest BCUT2D eigenvalue weighted by molar-refractivity contribution is 5.98. The molecule has 0 saturated carbocycles. The molecular weight excluding hydrogens is 368 g/mol. The topological polar surface area (TPSA) is 78.9 Å². The van der Waals surface area contributed by atoms with E-state index in [1.165, 1.54) is 4.90 Å². The van der Waals surface area contributed by atoms with Crippen molar-refractivity contribution in [2.75, 3.05) is 20.7 Å². The highest BCUT2D eigenvalue weighted by Gasteiger charge is 2.14. The fraction of sp³-hybridized carbons (Fsp3) is 0.130. The molecule has 2 amide bonds. The van der Waals surface area contributed by atoms with Crippen LogP contribution in [-0.2, 0) is 4.79 Å². The van der Waals surface area contributed by atoms with Crippen molar-refractivity contribution in [3.8, 4) is 5.75 Å². The van der Waals surface area contributed by atoms with Gasteiger partial charge in [0.25, 0.3) is 11.8 Å². The second-order valence-electron chi connectivity index (χ2n) is 6.70. The van der Waals surface area contributed by atoms with Gasteiger partial charge in [-0.05, 0) is 35.2 Å². The zero-order valence-corrected chi connectivity index (χ0v) is 16.3. The van der Waals surface area contributed by atoms with Crippen LogP contribution in [0.25, 0.3) is 16.8 Å². The summed E-state index contributed by atoms with van der Waals surface area (Å²) in [6.07, 6.45) is 1.73. The van der Waals surface area contributed by atoms with Crippen molar-refractivity contribution in [3.63, 3.8) is 0 Å². The molecule has 0 aliphatic heterocycles. The molecule has 0 heterocycles. The van der Waals surface area contributed by atoms with Gasteiger partial charge in [-0.25, -0.2) is 5.48 Å². The van der Waals surface area contributed by atoms with Crippen LogP contribution in [0, 0.1) is 0 Å². The summed E-state index contributed by atoms with van der Waals surface area (Å²) in [5.41, 5.74) is 3.13. The van der Waals surface area contributed by atoms with Crippen LogP contribution in [0.2, 0.25) is 0 Å². The van der Waals surface area contributed by atoms with Crippen LogP contribution in [0.1, 0.15) is 15.9 Å². The molecule has 3 aromatic rings. The van der Waals surface area contributed by atoms with Crippen LogP contribution < -0.4 is 10.2 Å². The molecule has 0 aliphatic rings. The third-order valence-corrected chi connectivity index (χ3v) is 4.43. The van der Waals surface area contributed by atoms with Gasteiger partial charge in [-0.2, -0.15) is 0 Å². The zero-order chi connectivity index (χ0) is 20.8. The molecule has 0 aliphatic carbocycles. The third kappa shape index (κ3) is 4.80. The number of hydrogen-bond acceptors (Lipinski definition) is 4. The third-order valence-electron chi connectivity index (χ3n) is 4.43. The normalized spacial score (nSPS) is 11.2. The van der Waals surface area contributed by atoms with E-state index in [0.29, 0.717) is 16.9 Å². The van der Waals surface area contributed by atoms with Crippen LogP contribution in [0.15, 0.2) is 72.3 Å². The molecule has 0 saturated heterocycles. The van der Waals surface area contributed by atoms with Gasteiger partial charge in [0.2, 0.25) is 0 Å². The number of likely N-dealkylation sites (N-methyl/N-ethyl adjacent to an activating group) is 1. The largest absolute Gasteiger partial charge is 0.488 e. The van der Waals surface area contributed by atoms with Gasteiger partial charge in [-0.15, -0.1) is 0 Å². The first-order chi connectivity index (χ1) is 14.0. The average Bonchev–Trinajstić information content (AvgIpc) is 2.75. The van der Waals surface area contributed by atoms with Crippen LogP contribution >= 0.6 is 0 Å². The summed E-state index contributed by atoms with van der Waals surface area (Å²) in [6.45, 7) is 0.101. The Morgan fingerprint density at radius 3 is 2.38 bits per heavy atom. The lowest BCUT2D eigenvalue weighted by atomic mass is 10.1. The Balaban J connectivity index is 1.86. The molecule has 0 fully saturated rings. The second kappa shape index (κ2) is 9.03. The molecule has 3 aromatic carbocycles. The van der Waals surface area contributed by atoms with E-state index in [2.05, 4.69) is 0 Å². The van der Waals surface area contributed by atoms with Crippen molar-refractivity contribution in [1.82, 2.24) is 10.4 Å². The second-order valence-corrected chi connectivity index (χ2v) is 6.70. The molecule has 2 N–H and O–H groups in total. The number of hydrogen-bond donors (Lipinski definition) is 2. The fourth-order valence-corrected chi connectivity index (χ4v) is 2.93. The van der Waals surface area contributed by atoms with Gasteiger partial charge >= 0.3 is 0 Å².